The van der Waals surface area contributed by atoms with Crippen molar-refractivity contribution in [2.45, 2.75) is 65.4 Å². The average molecular weight is 322 g/mol. The van der Waals surface area contributed by atoms with Crippen molar-refractivity contribution in [1.29, 1.82) is 0 Å². The van der Waals surface area contributed by atoms with Gasteiger partial charge in [-0.2, -0.15) is 0 Å². The van der Waals surface area contributed by atoms with Crippen LogP contribution in [0.3, 0.4) is 0 Å². The highest BCUT2D eigenvalue weighted by atomic mass is 16.5. The first kappa shape index (κ1) is 20.0. The second-order valence-corrected chi connectivity index (χ2v) is 6.27. The van der Waals surface area contributed by atoms with Gasteiger partial charge in [-0.05, 0) is 56.5 Å². The Morgan fingerprint density at radius 2 is 1.52 bits per heavy atom. The van der Waals surface area contributed by atoms with Crippen LogP contribution in [0.2, 0.25) is 0 Å². The van der Waals surface area contributed by atoms with Gasteiger partial charge in [0.05, 0.1) is 12.7 Å². The van der Waals surface area contributed by atoms with Crippen LogP contribution in [0.4, 0.5) is 0 Å². The van der Waals surface area contributed by atoms with Gasteiger partial charge in [0, 0.05) is 6.54 Å². The lowest BCUT2D eigenvalue weighted by molar-refractivity contribution is 0.140. The first-order valence-electron chi connectivity index (χ1n) is 9.34. The highest BCUT2D eigenvalue weighted by molar-refractivity contribution is 5.28. The predicted molar refractivity (Wildman–Crippen MR) is 98.1 cm³/mol. The Kier molecular flexibility index (Phi) is 10.8. The van der Waals surface area contributed by atoms with Crippen LogP contribution >= 0.6 is 0 Å². The van der Waals surface area contributed by atoms with Crippen LogP contribution in [-0.2, 0) is 0 Å². The molecule has 1 unspecified atom stereocenters. The lowest BCUT2D eigenvalue weighted by Gasteiger charge is -2.23. The average Bonchev–Trinajstić information content (AvgIpc) is 2.59. The molecule has 1 aromatic carbocycles. The van der Waals surface area contributed by atoms with Gasteiger partial charge < -0.3 is 14.7 Å². The molecule has 0 aliphatic heterocycles. The zero-order chi connectivity index (χ0) is 16.9. The molecular weight excluding hydrogens is 286 g/mol. The standard InChI is InChI=1S/C20H35NO2/c1-4-7-14-21(15-8-5-2)16-13-20(22)18-9-11-19(12-10-18)23-17-6-3/h9-12,20,22H,4-8,13-17H2,1-3H3. The second-order valence-electron chi connectivity index (χ2n) is 6.27. The summed E-state index contributed by atoms with van der Waals surface area (Å²) in [4.78, 5) is 2.49. The summed E-state index contributed by atoms with van der Waals surface area (Å²) in [5.74, 6) is 0.885. The molecule has 0 bridgehead atoms. The lowest BCUT2D eigenvalue weighted by Crippen LogP contribution is -2.28. The number of hydrogen-bond donors (Lipinski definition) is 1. The van der Waals surface area contributed by atoms with Gasteiger partial charge in [0.25, 0.3) is 0 Å². The van der Waals surface area contributed by atoms with Crippen molar-refractivity contribution in [3.8, 4) is 5.75 Å². The van der Waals surface area contributed by atoms with E-state index in [0.717, 1.165) is 50.4 Å². The molecule has 1 rings (SSSR count). The molecule has 3 heteroatoms. The fourth-order valence-electron chi connectivity index (χ4n) is 2.58. The Morgan fingerprint density at radius 3 is 2.04 bits per heavy atom. The number of hydrogen-bond acceptors (Lipinski definition) is 3. The third-order valence-electron chi connectivity index (χ3n) is 4.11. The van der Waals surface area contributed by atoms with Gasteiger partial charge in [-0.25, -0.2) is 0 Å². The van der Waals surface area contributed by atoms with E-state index >= 15 is 0 Å². The number of ether oxygens (including phenoxy) is 1. The van der Waals surface area contributed by atoms with Crippen molar-refractivity contribution >= 4 is 0 Å². The van der Waals surface area contributed by atoms with E-state index in [0.29, 0.717) is 0 Å². The summed E-state index contributed by atoms with van der Waals surface area (Å²) in [5, 5.41) is 10.4. The number of benzene rings is 1. The van der Waals surface area contributed by atoms with Crippen LogP contribution < -0.4 is 4.74 Å². The quantitative estimate of drug-likeness (QED) is 0.566. The minimum atomic E-state index is -0.388. The van der Waals surface area contributed by atoms with E-state index < -0.39 is 0 Å². The van der Waals surface area contributed by atoms with Gasteiger partial charge in [-0.1, -0.05) is 45.7 Å². The van der Waals surface area contributed by atoms with Crippen LogP contribution in [0.15, 0.2) is 24.3 Å². The van der Waals surface area contributed by atoms with Crippen LogP contribution in [0.1, 0.15) is 71.0 Å². The SMILES string of the molecule is CCCCN(CCCC)CCC(O)c1ccc(OCCC)cc1. The Hall–Kier alpha value is -1.06. The smallest absolute Gasteiger partial charge is 0.119 e. The fraction of sp³-hybridized carbons (Fsp3) is 0.700. The predicted octanol–water partition coefficient (Wildman–Crippen LogP) is 4.80. The number of rotatable bonds is 13. The highest BCUT2D eigenvalue weighted by Gasteiger charge is 2.11. The third kappa shape index (κ3) is 8.38. The van der Waals surface area contributed by atoms with Crippen LogP contribution in [0.25, 0.3) is 0 Å². The Morgan fingerprint density at radius 1 is 0.913 bits per heavy atom. The second kappa shape index (κ2) is 12.4. The molecule has 3 nitrogen and oxygen atoms in total. The molecule has 0 heterocycles. The van der Waals surface area contributed by atoms with Crippen molar-refractivity contribution in [1.82, 2.24) is 4.90 Å². The normalized spacial score (nSPS) is 12.6. The molecule has 0 saturated heterocycles. The van der Waals surface area contributed by atoms with E-state index in [1.165, 1.54) is 25.7 Å². The minimum Gasteiger partial charge on any atom is -0.494 e. The molecule has 23 heavy (non-hydrogen) atoms. The highest BCUT2D eigenvalue weighted by Crippen LogP contribution is 2.21. The van der Waals surface area contributed by atoms with E-state index in [-0.39, 0.29) is 6.10 Å². The molecule has 0 radical (unpaired) electrons. The Balaban J connectivity index is 2.44. The number of aliphatic hydroxyl groups is 1. The van der Waals surface area contributed by atoms with Gasteiger partial charge in [-0.15, -0.1) is 0 Å². The molecule has 0 amide bonds. The molecule has 0 fully saturated rings. The van der Waals surface area contributed by atoms with Crippen LogP contribution in [0, 0.1) is 0 Å². The van der Waals surface area contributed by atoms with E-state index in [9.17, 15) is 5.11 Å². The Bertz CT molecular complexity index is 383. The number of unbranched alkanes of at least 4 members (excludes halogenated alkanes) is 2. The van der Waals surface area contributed by atoms with E-state index in [4.69, 9.17) is 4.74 Å². The molecule has 1 aromatic rings. The topological polar surface area (TPSA) is 32.7 Å². The Labute approximate surface area is 142 Å². The summed E-state index contributed by atoms with van der Waals surface area (Å²) in [6, 6.07) is 7.89. The van der Waals surface area contributed by atoms with Crippen molar-refractivity contribution in [3.63, 3.8) is 0 Å². The van der Waals surface area contributed by atoms with Gasteiger partial charge in [0.15, 0.2) is 0 Å². The first-order valence-corrected chi connectivity index (χ1v) is 9.34. The summed E-state index contributed by atoms with van der Waals surface area (Å²) >= 11 is 0. The minimum absolute atomic E-state index is 0.388. The molecule has 0 aliphatic carbocycles. The van der Waals surface area contributed by atoms with Crippen molar-refractivity contribution in [2.75, 3.05) is 26.2 Å². The van der Waals surface area contributed by atoms with E-state index in [1.807, 2.05) is 24.3 Å². The number of aliphatic hydroxyl groups excluding tert-OH is 1. The summed E-state index contributed by atoms with van der Waals surface area (Å²) in [7, 11) is 0. The van der Waals surface area contributed by atoms with E-state index in [1.54, 1.807) is 0 Å². The zero-order valence-corrected chi connectivity index (χ0v) is 15.3. The molecule has 1 atom stereocenters. The summed E-state index contributed by atoms with van der Waals surface area (Å²) in [5.41, 5.74) is 0.986. The fourth-order valence-corrected chi connectivity index (χ4v) is 2.58. The van der Waals surface area contributed by atoms with E-state index in [2.05, 4.69) is 25.7 Å². The van der Waals surface area contributed by atoms with Crippen molar-refractivity contribution in [3.05, 3.63) is 29.8 Å². The molecule has 0 aliphatic rings. The zero-order valence-electron chi connectivity index (χ0n) is 15.3. The van der Waals surface area contributed by atoms with Gasteiger partial charge in [-0.3, -0.25) is 0 Å². The molecular formula is C20H35NO2. The van der Waals surface area contributed by atoms with Gasteiger partial charge in [0.1, 0.15) is 5.75 Å². The summed E-state index contributed by atoms with van der Waals surface area (Å²) in [6.45, 7) is 10.6. The van der Waals surface area contributed by atoms with Gasteiger partial charge in [0.2, 0.25) is 0 Å². The molecule has 132 valence electrons. The van der Waals surface area contributed by atoms with Crippen molar-refractivity contribution in [2.24, 2.45) is 0 Å². The van der Waals surface area contributed by atoms with Crippen LogP contribution in [0.5, 0.6) is 5.75 Å². The maximum Gasteiger partial charge on any atom is 0.119 e. The largest absolute Gasteiger partial charge is 0.494 e. The lowest BCUT2D eigenvalue weighted by atomic mass is 10.1. The maximum atomic E-state index is 10.4. The van der Waals surface area contributed by atoms with Crippen molar-refractivity contribution < 1.29 is 9.84 Å². The maximum absolute atomic E-state index is 10.4. The van der Waals surface area contributed by atoms with Crippen LogP contribution in [-0.4, -0.2) is 36.2 Å². The molecule has 0 aromatic heterocycles. The third-order valence-corrected chi connectivity index (χ3v) is 4.11. The number of nitrogens with zero attached hydrogens (tertiary/aromatic N) is 1. The molecule has 1 N–H and O–H groups in total. The molecule has 0 spiro atoms. The van der Waals surface area contributed by atoms with Gasteiger partial charge >= 0.3 is 0 Å². The summed E-state index contributed by atoms with van der Waals surface area (Å²) in [6.07, 6.45) is 6.35. The molecule has 0 saturated carbocycles. The summed E-state index contributed by atoms with van der Waals surface area (Å²) < 4.78 is 5.59. The monoisotopic (exact) mass is 321 g/mol. The first-order chi connectivity index (χ1) is 11.2.